The molecule has 114 valence electrons. The summed E-state index contributed by atoms with van der Waals surface area (Å²) in [6, 6.07) is 0. The molecule has 0 aromatic rings. The molecular formula is C17H30O2Si. The molecule has 2 nitrogen and oxygen atoms in total. The molecule has 0 aromatic carbocycles. The second-order valence-corrected chi connectivity index (χ2v) is 11.8. The van der Waals surface area contributed by atoms with Crippen molar-refractivity contribution in [2.75, 3.05) is 0 Å². The van der Waals surface area contributed by atoms with Crippen LogP contribution in [0.2, 0.25) is 16.6 Å². The van der Waals surface area contributed by atoms with Crippen LogP contribution in [-0.2, 0) is 9.22 Å². The Labute approximate surface area is 125 Å². The Morgan fingerprint density at radius 3 is 1.75 bits per heavy atom. The van der Waals surface area contributed by atoms with Gasteiger partial charge in [0.25, 0.3) is 8.32 Å². The average molecular weight is 295 g/mol. The number of carbonyl (C=O) groups is 1. The fourth-order valence-corrected chi connectivity index (χ4v) is 10.8. The fraction of sp³-hybridized carbons (Fsp3) is 0.824. The van der Waals surface area contributed by atoms with Crippen LogP contribution in [-0.4, -0.2) is 14.3 Å². The quantitative estimate of drug-likeness (QED) is 0.504. The predicted octanol–water partition coefficient (Wildman–Crippen LogP) is 5.35. The Morgan fingerprint density at radius 2 is 1.45 bits per heavy atom. The first-order valence-corrected chi connectivity index (χ1v) is 10.5. The standard InChI is InChI=1S/C17H30O2Si/c1-13(2)17(18)19-20(14(3)4,15-9-5-6-10-15)16-11-7-8-12-16/h14-16H,1,5-12H2,2-4H3. The van der Waals surface area contributed by atoms with Crippen LogP contribution in [0.15, 0.2) is 12.2 Å². The molecule has 0 atom stereocenters. The van der Waals surface area contributed by atoms with Crippen molar-refractivity contribution >= 4 is 14.3 Å². The lowest BCUT2D eigenvalue weighted by Crippen LogP contribution is -2.51. The van der Waals surface area contributed by atoms with E-state index in [2.05, 4.69) is 20.4 Å². The van der Waals surface area contributed by atoms with Gasteiger partial charge in [-0.2, -0.15) is 0 Å². The molecule has 0 aliphatic heterocycles. The Hall–Kier alpha value is -0.573. The predicted molar refractivity (Wildman–Crippen MR) is 86.2 cm³/mol. The summed E-state index contributed by atoms with van der Waals surface area (Å²) < 4.78 is 6.33. The summed E-state index contributed by atoms with van der Waals surface area (Å²) in [5.74, 6) is -0.121. The Kier molecular flexibility index (Phi) is 5.11. The van der Waals surface area contributed by atoms with Crippen LogP contribution in [0, 0.1) is 0 Å². The Morgan fingerprint density at radius 1 is 1.05 bits per heavy atom. The van der Waals surface area contributed by atoms with E-state index in [1.54, 1.807) is 6.92 Å². The van der Waals surface area contributed by atoms with Crippen molar-refractivity contribution in [3.8, 4) is 0 Å². The molecule has 20 heavy (non-hydrogen) atoms. The fourth-order valence-electron chi connectivity index (χ4n) is 4.56. The van der Waals surface area contributed by atoms with Gasteiger partial charge in [-0.15, -0.1) is 0 Å². The molecule has 2 aliphatic carbocycles. The molecule has 0 saturated heterocycles. The Balaban J connectivity index is 2.31. The first-order chi connectivity index (χ1) is 9.48. The van der Waals surface area contributed by atoms with Crippen LogP contribution >= 0.6 is 0 Å². The molecule has 0 aromatic heterocycles. The lowest BCUT2D eigenvalue weighted by molar-refractivity contribution is -0.131. The topological polar surface area (TPSA) is 26.3 Å². The molecule has 0 radical (unpaired) electrons. The van der Waals surface area contributed by atoms with E-state index < -0.39 is 8.32 Å². The van der Waals surface area contributed by atoms with Gasteiger partial charge in [-0.3, -0.25) is 0 Å². The highest BCUT2D eigenvalue weighted by atomic mass is 28.4. The summed E-state index contributed by atoms with van der Waals surface area (Å²) in [4.78, 5) is 12.3. The molecule has 0 unspecified atom stereocenters. The highest BCUT2D eigenvalue weighted by Gasteiger charge is 2.55. The van der Waals surface area contributed by atoms with E-state index in [9.17, 15) is 4.79 Å². The van der Waals surface area contributed by atoms with Gasteiger partial charge in [0.15, 0.2) is 0 Å². The molecule has 0 bridgehead atoms. The molecular weight excluding hydrogens is 264 g/mol. The van der Waals surface area contributed by atoms with Crippen molar-refractivity contribution in [2.45, 2.75) is 88.8 Å². The van der Waals surface area contributed by atoms with E-state index in [0.29, 0.717) is 22.2 Å². The summed E-state index contributed by atoms with van der Waals surface area (Å²) in [7, 11) is -2.04. The maximum absolute atomic E-state index is 12.3. The van der Waals surface area contributed by atoms with Gasteiger partial charge in [-0.1, -0.05) is 46.1 Å². The third-order valence-corrected chi connectivity index (χ3v) is 11.6. The van der Waals surface area contributed by atoms with E-state index in [1.165, 1.54) is 51.4 Å². The number of carbonyl (C=O) groups excluding carboxylic acids is 1. The van der Waals surface area contributed by atoms with Crippen LogP contribution in [0.25, 0.3) is 0 Å². The smallest absolute Gasteiger partial charge is 0.319 e. The van der Waals surface area contributed by atoms with Gasteiger partial charge < -0.3 is 4.43 Å². The number of rotatable bonds is 5. The van der Waals surface area contributed by atoms with Gasteiger partial charge in [0.05, 0.1) is 0 Å². The van der Waals surface area contributed by atoms with Gasteiger partial charge in [0.1, 0.15) is 0 Å². The first-order valence-electron chi connectivity index (χ1n) is 8.37. The first kappa shape index (κ1) is 15.8. The van der Waals surface area contributed by atoms with Crippen LogP contribution < -0.4 is 0 Å². The molecule has 2 rings (SSSR count). The van der Waals surface area contributed by atoms with E-state index in [4.69, 9.17) is 4.43 Å². The maximum atomic E-state index is 12.3. The number of hydrogen-bond acceptors (Lipinski definition) is 2. The molecule has 2 saturated carbocycles. The highest BCUT2D eigenvalue weighted by molar-refractivity contribution is 6.79. The van der Waals surface area contributed by atoms with Crippen LogP contribution in [0.3, 0.4) is 0 Å². The van der Waals surface area contributed by atoms with E-state index >= 15 is 0 Å². The van der Waals surface area contributed by atoms with Crippen LogP contribution in [0.5, 0.6) is 0 Å². The van der Waals surface area contributed by atoms with Gasteiger partial charge >= 0.3 is 5.97 Å². The summed E-state index contributed by atoms with van der Waals surface area (Å²) in [5, 5.41) is 0. The minimum Gasteiger partial charge on any atom is -0.515 e. The normalized spacial score (nSPS) is 21.6. The molecule has 2 fully saturated rings. The van der Waals surface area contributed by atoms with Gasteiger partial charge in [-0.25, -0.2) is 4.79 Å². The zero-order valence-electron chi connectivity index (χ0n) is 13.4. The molecule has 0 spiro atoms. The zero-order valence-corrected chi connectivity index (χ0v) is 14.4. The molecule has 0 N–H and O–H groups in total. The summed E-state index contributed by atoms with van der Waals surface area (Å²) in [6.45, 7) is 10.2. The minimum absolute atomic E-state index is 0.121. The molecule has 3 heteroatoms. The third kappa shape index (κ3) is 2.88. The van der Waals surface area contributed by atoms with Crippen LogP contribution in [0.4, 0.5) is 0 Å². The van der Waals surface area contributed by atoms with E-state index in [-0.39, 0.29) is 5.97 Å². The SMILES string of the molecule is C=C(C)C(=O)O[Si](C(C)C)(C1CCCC1)C1CCCC1. The van der Waals surface area contributed by atoms with Crippen molar-refractivity contribution in [1.82, 2.24) is 0 Å². The third-order valence-electron chi connectivity index (χ3n) is 5.51. The summed E-state index contributed by atoms with van der Waals surface area (Å²) >= 11 is 0. The van der Waals surface area contributed by atoms with Crippen molar-refractivity contribution in [3.63, 3.8) is 0 Å². The van der Waals surface area contributed by atoms with Crippen molar-refractivity contribution in [3.05, 3.63) is 12.2 Å². The lowest BCUT2D eigenvalue weighted by atomic mass is 10.3. The second kappa shape index (κ2) is 6.46. The number of hydrogen-bond donors (Lipinski definition) is 0. The van der Waals surface area contributed by atoms with Crippen molar-refractivity contribution in [1.29, 1.82) is 0 Å². The maximum Gasteiger partial charge on any atom is 0.319 e. The monoisotopic (exact) mass is 294 g/mol. The molecule has 0 amide bonds. The minimum atomic E-state index is -2.04. The molecule has 2 aliphatic rings. The highest BCUT2D eigenvalue weighted by Crippen LogP contribution is 2.55. The molecule has 0 heterocycles. The van der Waals surface area contributed by atoms with E-state index in [1.807, 2.05) is 0 Å². The van der Waals surface area contributed by atoms with Gasteiger partial charge in [0.2, 0.25) is 0 Å². The van der Waals surface area contributed by atoms with Crippen molar-refractivity contribution in [2.24, 2.45) is 0 Å². The van der Waals surface area contributed by atoms with Gasteiger partial charge in [0, 0.05) is 5.57 Å². The second-order valence-electron chi connectivity index (χ2n) is 7.14. The van der Waals surface area contributed by atoms with Crippen molar-refractivity contribution < 1.29 is 9.22 Å². The summed E-state index contributed by atoms with van der Waals surface area (Å²) in [6.07, 6.45) is 10.4. The van der Waals surface area contributed by atoms with E-state index in [0.717, 1.165) is 0 Å². The lowest BCUT2D eigenvalue weighted by Gasteiger charge is -2.44. The zero-order chi connectivity index (χ0) is 14.8. The Bertz CT molecular complexity index is 347. The summed E-state index contributed by atoms with van der Waals surface area (Å²) in [5.41, 5.74) is 2.47. The van der Waals surface area contributed by atoms with Gasteiger partial charge in [-0.05, 0) is 49.2 Å². The van der Waals surface area contributed by atoms with Crippen LogP contribution in [0.1, 0.15) is 72.1 Å². The average Bonchev–Trinajstić information content (AvgIpc) is 3.07. The largest absolute Gasteiger partial charge is 0.515 e.